The van der Waals surface area contributed by atoms with E-state index in [-0.39, 0.29) is 72.5 Å². The van der Waals surface area contributed by atoms with Crippen LogP contribution in [0.4, 0.5) is 4.79 Å². The molecule has 8 aromatic rings. The third kappa shape index (κ3) is 28.3. The summed E-state index contributed by atoms with van der Waals surface area (Å²) < 4.78 is 45.0. The van der Waals surface area contributed by atoms with Crippen molar-refractivity contribution < 1.29 is 83.8 Å². The number of hydrogen-bond acceptors (Lipinski definition) is 1. The molecule has 15 heteroatoms. The molecule has 9 nitrogen and oxygen atoms in total. The van der Waals surface area contributed by atoms with Gasteiger partial charge in [-0.15, -0.1) is 0 Å². The SMILES string of the molecule is O=C(O)O.[C-]#[O+].[C-]#[O+].[C-]#[O+].[C-]#[O+].[C-]#[O+].[C-]#[O+].[Re].[Re].c1ccc(P(CCP(c2ccccc2)c2ccccc2)c2ccccc2)cc1.c1ccc(P(CCP(c2ccccc2)c2ccccc2)c2ccccc2)cc1. The topological polar surface area (TPSA) is 177 Å². The van der Waals surface area contributed by atoms with Crippen molar-refractivity contribution in [2.75, 3.05) is 24.6 Å². The van der Waals surface area contributed by atoms with Crippen LogP contribution in [-0.4, -0.2) is 41.0 Å². The van der Waals surface area contributed by atoms with Crippen LogP contribution in [-0.2, 0) is 68.8 Å². The molecule has 0 fully saturated rings. The molecule has 374 valence electrons. The zero-order valence-electron chi connectivity index (χ0n) is 39.7. The van der Waals surface area contributed by atoms with Crippen molar-refractivity contribution >= 4 is 80.3 Å². The van der Waals surface area contributed by atoms with Crippen LogP contribution in [0.1, 0.15) is 0 Å². The monoisotopic (exact) mass is 1400 g/mol. The van der Waals surface area contributed by atoms with Gasteiger partial charge in [-0.25, -0.2) is 4.79 Å². The first-order chi connectivity index (χ1) is 35.6. The van der Waals surface area contributed by atoms with Crippen LogP contribution >= 0.6 is 31.7 Å². The molecule has 0 saturated carbocycles. The van der Waals surface area contributed by atoms with E-state index in [2.05, 4.69) is 283 Å². The maximum Gasteiger partial charge on any atom is 0 e. The van der Waals surface area contributed by atoms with Gasteiger partial charge in [-0.2, -0.15) is 0 Å². The Kier molecular flexibility index (Phi) is 48.9. The quantitative estimate of drug-likeness (QED) is 0.0627. The van der Waals surface area contributed by atoms with Crippen molar-refractivity contribution in [2.24, 2.45) is 0 Å². The molecule has 0 bridgehead atoms. The van der Waals surface area contributed by atoms with Gasteiger partial charge in [0.2, 0.25) is 0 Å². The molecule has 0 atom stereocenters. The van der Waals surface area contributed by atoms with Crippen LogP contribution in [0, 0.1) is 39.9 Å². The van der Waals surface area contributed by atoms with Crippen molar-refractivity contribution in [2.45, 2.75) is 0 Å². The Morgan fingerprint density at radius 1 is 0.257 bits per heavy atom. The molecule has 0 aromatic heterocycles. The number of carbonyl (C=O) groups is 1. The molecule has 0 aliphatic heterocycles. The average Bonchev–Trinajstić information content (AvgIpc) is 3.48. The van der Waals surface area contributed by atoms with E-state index >= 15 is 0 Å². The number of benzene rings is 8. The van der Waals surface area contributed by atoms with Crippen LogP contribution in [0.3, 0.4) is 0 Å². The first-order valence-electron chi connectivity index (χ1n) is 21.2. The van der Waals surface area contributed by atoms with Gasteiger partial charge >= 0.3 is 74.0 Å². The van der Waals surface area contributed by atoms with Gasteiger partial charge in [-0.1, -0.05) is 243 Å². The second-order valence-corrected chi connectivity index (χ2v) is 22.9. The second kappa shape index (κ2) is 49.7. The van der Waals surface area contributed by atoms with E-state index in [4.69, 9.17) is 42.9 Å². The van der Waals surface area contributed by atoms with Gasteiger partial charge in [0.1, 0.15) is 0 Å². The molecular formula is C59H50O9P4Re2. The van der Waals surface area contributed by atoms with Gasteiger partial charge in [-0.3, -0.25) is 0 Å². The van der Waals surface area contributed by atoms with E-state index in [9.17, 15) is 0 Å². The molecule has 2 radical (unpaired) electrons. The Hall–Kier alpha value is -5.49. The fourth-order valence-electron chi connectivity index (χ4n) is 6.89. The average molecular weight is 1400 g/mol. The molecule has 0 aliphatic rings. The van der Waals surface area contributed by atoms with E-state index in [1.807, 2.05) is 0 Å². The molecule has 74 heavy (non-hydrogen) atoms. The molecule has 8 rings (SSSR count). The molecule has 0 heterocycles. The number of carboxylic acid groups (broad SMARTS) is 2. The summed E-state index contributed by atoms with van der Waals surface area (Å²) in [6.07, 6.45) is 3.00. The number of hydrogen-bond donors (Lipinski definition) is 2. The summed E-state index contributed by atoms with van der Waals surface area (Å²) in [5, 5.41) is 25.7. The van der Waals surface area contributed by atoms with Crippen LogP contribution in [0.5, 0.6) is 0 Å². The fraction of sp³-hybridized carbons (Fsp3) is 0.0678. The van der Waals surface area contributed by atoms with Crippen molar-refractivity contribution in [1.29, 1.82) is 0 Å². The predicted molar refractivity (Wildman–Crippen MR) is 290 cm³/mol. The molecular weight excluding hydrogens is 1350 g/mol. The molecule has 0 unspecified atom stereocenters. The van der Waals surface area contributed by atoms with Crippen LogP contribution in [0.2, 0.25) is 0 Å². The van der Waals surface area contributed by atoms with Crippen molar-refractivity contribution in [3.8, 4) is 0 Å². The Labute approximate surface area is 467 Å². The van der Waals surface area contributed by atoms with Crippen molar-refractivity contribution in [1.82, 2.24) is 0 Å². The molecule has 0 saturated heterocycles. The second-order valence-electron chi connectivity index (χ2n) is 13.6. The third-order valence-electron chi connectivity index (χ3n) is 9.64. The van der Waals surface area contributed by atoms with Crippen molar-refractivity contribution in [3.63, 3.8) is 0 Å². The van der Waals surface area contributed by atoms with E-state index in [1.54, 1.807) is 0 Å². The first kappa shape index (κ1) is 72.8. The standard InChI is InChI=1S/2C26H24P2.CH2O3.6CO.2Re/c2*1-5-13-23(14-6-1)27(24-15-7-2-8-16-24)21-22-28(25-17-9-3-10-18-25)26-19-11-4-12-20-26;2-1(3)4;6*1-2;;/h2*1-20H,21-22H2;(H2,2,3,4);;;;;;;;. The van der Waals surface area contributed by atoms with Gasteiger partial charge in [0.25, 0.3) is 0 Å². The first-order valence-corrected chi connectivity index (χ1v) is 27.3. The number of rotatable bonds is 14. The maximum absolute atomic E-state index is 8.56. The summed E-state index contributed by atoms with van der Waals surface area (Å²) in [5.74, 6) is 0. The summed E-state index contributed by atoms with van der Waals surface area (Å²) >= 11 is 0. The Bertz CT molecular complexity index is 2150. The minimum absolute atomic E-state index is 0. The van der Waals surface area contributed by atoms with Crippen LogP contribution in [0.25, 0.3) is 0 Å². The van der Waals surface area contributed by atoms with Crippen molar-refractivity contribution in [3.05, 3.63) is 283 Å². The van der Waals surface area contributed by atoms with Gasteiger partial charge < -0.3 is 10.2 Å². The summed E-state index contributed by atoms with van der Waals surface area (Å²) in [6.45, 7) is 27.0. The van der Waals surface area contributed by atoms with E-state index < -0.39 is 6.16 Å². The molecule has 8 aromatic carbocycles. The molecule has 0 aliphatic carbocycles. The summed E-state index contributed by atoms with van der Waals surface area (Å²) in [4.78, 5) is 8.56. The Balaban J connectivity index is -0.00000105. The summed E-state index contributed by atoms with van der Waals surface area (Å²) in [6, 6.07) is 88.4. The maximum atomic E-state index is 8.56. The largest absolute Gasteiger partial charge is 0.0622 e. The normalized spacial score (nSPS) is 8.86. The summed E-state index contributed by atoms with van der Waals surface area (Å²) in [7, 11) is -1.39. The minimum atomic E-state index is -1.83. The molecule has 2 N–H and O–H groups in total. The molecule has 0 spiro atoms. The fourth-order valence-corrected chi connectivity index (χ4v) is 17.6. The Morgan fingerprint density at radius 3 is 0.419 bits per heavy atom. The van der Waals surface area contributed by atoms with E-state index in [1.165, 1.54) is 67.1 Å². The predicted octanol–water partition coefficient (Wildman–Crippen LogP) is 10.5. The Morgan fingerprint density at radius 2 is 0.338 bits per heavy atom. The van der Waals surface area contributed by atoms with Gasteiger partial charge in [0, 0.05) is 40.8 Å². The summed E-state index contributed by atoms with van der Waals surface area (Å²) in [5.41, 5.74) is 0. The smallest absolute Gasteiger partial charge is 0 e. The van der Waals surface area contributed by atoms with Gasteiger partial charge in [0.05, 0.1) is 0 Å². The van der Waals surface area contributed by atoms with Crippen LogP contribution < -0.4 is 42.4 Å². The van der Waals surface area contributed by atoms with Gasteiger partial charge in [-0.05, 0) is 98.8 Å². The van der Waals surface area contributed by atoms with Crippen LogP contribution in [0.15, 0.2) is 243 Å². The zero-order valence-corrected chi connectivity index (χ0v) is 48.7. The third-order valence-corrected chi connectivity index (χ3v) is 20.4. The van der Waals surface area contributed by atoms with Gasteiger partial charge in [0.15, 0.2) is 0 Å². The van der Waals surface area contributed by atoms with E-state index in [0.717, 1.165) is 0 Å². The zero-order chi connectivity index (χ0) is 53.6. The minimum Gasteiger partial charge on any atom is -0.0622 e. The molecule has 0 amide bonds. The van der Waals surface area contributed by atoms with E-state index in [0.29, 0.717) is 0 Å².